The average Bonchev–Trinajstić information content (AvgIpc) is 3.41. The number of nitrogens with zero attached hydrogens (tertiary/aromatic N) is 1. The summed E-state index contributed by atoms with van der Waals surface area (Å²) in [6.07, 6.45) is 5.51. The van der Waals surface area contributed by atoms with Gasteiger partial charge in [-0.25, -0.2) is 8.42 Å². The van der Waals surface area contributed by atoms with Gasteiger partial charge in [0.25, 0.3) is 5.91 Å². The Labute approximate surface area is 207 Å². The van der Waals surface area contributed by atoms with Crippen LogP contribution in [0.2, 0.25) is 0 Å². The number of aryl methyl sites for hydroxylation is 1. The van der Waals surface area contributed by atoms with Gasteiger partial charge in [-0.2, -0.15) is 4.31 Å². The number of carbonyl (C=O) groups excluding carboxylic acids is 2. The van der Waals surface area contributed by atoms with Crippen LogP contribution in [-0.4, -0.2) is 56.9 Å². The van der Waals surface area contributed by atoms with Crippen LogP contribution in [0.25, 0.3) is 0 Å². The van der Waals surface area contributed by atoms with Crippen molar-refractivity contribution < 1.29 is 22.7 Å². The zero-order valence-electron chi connectivity index (χ0n) is 19.9. The molecular formula is C26H33N3O5S. The smallest absolute Gasteiger partial charge is 0.253 e. The van der Waals surface area contributed by atoms with Crippen LogP contribution in [0.4, 0.5) is 5.69 Å². The molecule has 35 heavy (non-hydrogen) atoms. The number of piperidine rings is 1. The Kier molecular flexibility index (Phi) is 8.54. The summed E-state index contributed by atoms with van der Waals surface area (Å²) in [5, 5.41) is 5.72. The first-order valence-electron chi connectivity index (χ1n) is 12.3. The fourth-order valence-electron chi connectivity index (χ4n) is 4.45. The Hall–Kier alpha value is -2.75. The maximum Gasteiger partial charge on any atom is 0.253 e. The minimum absolute atomic E-state index is 0.0435. The molecule has 0 saturated carbocycles. The highest BCUT2D eigenvalue weighted by Gasteiger charge is 2.25. The SMILES string of the molecule is O=C(CCc1ccc(S(=O)(=O)N2CCCCC2)cc1)Nc1ccccc1C(=O)NCC1CCCO1. The van der Waals surface area contributed by atoms with Gasteiger partial charge in [-0.3, -0.25) is 9.59 Å². The van der Waals surface area contributed by atoms with E-state index in [9.17, 15) is 18.0 Å². The number of rotatable bonds is 9. The van der Waals surface area contributed by atoms with Crippen molar-refractivity contribution in [2.45, 2.75) is 55.9 Å². The highest BCUT2D eigenvalue weighted by molar-refractivity contribution is 7.89. The Morgan fingerprint density at radius 1 is 0.971 bits per heavy atom. The van der Waals surface area contributed by atoms with Crippen LogP contribution in [0.3, 0.4) is 0 Å². The third-order valence-electron chi connectivity index (χ3n) is 6.48. The molecule has 2 fully saturated rings. The van der Waals surface area contributed by atoms with Crippen LogP contribution in [0.5, 0.6) is 0 Å². The van der Waals surface area contributed by atoms with Gasteiger partial charge in [0.1, 0.15) is 0 Å². The molecule has 0 bridgehead atoms. The fourth-order valence-corrected chi connectivity index (χ4v) is 5.97. The van der Waals surface area contributed by atoms with E-state index in [1.165, 1.54) is 0 Å². The molecule has 2 N–H and O–H groups in total. The van der Waals surface area contributed by atoms with E-state index >= 15 is 0 Å². The van der Waals surface area contributed by atoms with Gasteiger partial charge >= 0.3 is 0 Å². The summed E-state index contributed by atoms with van der Waals surface area (Å²) in [6, 6.07) is 13.7. The zero-order valence-corrected chi connectivity index (χ0v) is 20.7. The maximum atomic E-state index is 12.8. The predicted molar refractivity (Wildman–Crippen MR) is 134 cm³/mol. The lowest BCUT2D eigenvalue weighted by Gasteiger charge is -2.25. The molecule has 0 aromatic heterocycles. The van der Waals surface area contributed by atoms with E-state index < -0.39 is 10.0 Å². The minimum Gasteiger partial charge on any atom is -0.376 e. The van der Waals surface area contributed by atoms with Gasteiger partial charge in [-0.05, 0) is 61.9 Å². The van der Waals surface area contributed by atoms with Gasteiger partial charge in [0.05, 0.1) is 22.3 Å². The Morgan fingerprint density at radius 2 is 1.71 bits per heavy atom. The monoisotopic (exact) mass is 499 g/mol. The first-order chi connectivity index (χ1) is 16.9. The number of hydrogen-bond donors (Lipinski definition) is 2. The number of para-hydroxylation sites is 1. The quantitative estimate of drug-likeness (QED) is 0.551. The highest BCUT2D eigenvalue weighted by Crippen LogP contribution is 2.21. The molecule has 2 saturated heterocycles. The molecule has 2 heterocycles. The van der Waals surface area contributed by atoms with Crippen molar-refractivity contribution >= 4 is 27.5 Å². The van der Waals surface area contributed by atoms with E-state index in [0.717, 1.165) is 44.3 Å². The van der Waals surface area contributed by atoms with E-state index in [4.69, 9.17) is 4.74 Å². The van der Waals surface area contributed by atoms with Crippen LogP contribution in [0.1, 0.15) is 54.4 Å². The number of ether oxygens (including phenoxy) is 1. The van der Waals surface area contributed by atoms with Crippen molar-refractivity contribution in [3.63, 3.8) is 0 Å². The zero-order chi connectivity index (χ0) is 24.7. The lowest BCUT2D eigenvalue weighted by atomic mass is 10.1. The van der Waals surface area contributed by atoms with E-state index in [1.807, 2.05) is 0 Å². The van der Waals surface area contributed by atoms with Crippen molar-refractivity contribution in [2.24, 2.45) is 0 Å². The summed E-state index contributed by atoms with van der Waals surface area (Å²) >= 11 is 0. The lowest BCUT2D eigenvalue weighted by Crippen LogP contribution is -2.35. The summed E-state index contributed by atoms with van der Waals surface area (Å²) in [5.74, 6) is -0.462. The predicted octanol–water partition coefficient (Wildman–Crippen LogP) is 3.34. The number of nitrogens with one attached hydrogen (secondary N) is 2. The second kappa shape index (κ2) is 11.8. The molecule has 2 aliphatic rings. The largest absolute Gasteiger partial charge is 0.376 e. The molecule has 4 rings (SSSR count). The van der Waals surface area contributed by atoms with Gasteiger partial charge in [-0.1, -0.05) is 30.7 Å². The van der Waals surface area contributed by atoms with Crippen molar-refractivity contribution in [3.8, 4) is 0 Å². The lowest BCUT2D eigenvalue weighted by molar-refractivity contribution is -0.116. The number of anilines is 1. The molecular weight excluding hydrogens is 466 g/mol. The number of benzene rings is 2. The first-order valence-corrected chi connectivity index (χ1v) is 13.8. The molecule has 2 aromatic carbocycles. The van der Waals surface area contributed by atoms with E-state index in [1.54, 1.807) is 52.8 Å². The second-order valence-corrected chi connectivity index (χ2v) is 11.0. The van der Waals surface area contributed by atoms with Crippen molar-refractivity contribution in [2.75, 3.05) is 31.6 Å². The van der Waals surface area contributed by atoms with Crippen LogP contribution >= 0.6 is 0 Å². The molecule has 9 heteroatoms. The number of amides is 2. The normalized spacial score (nSPS) is 18.8. The summed E-state index contributed by atoms with van der Waals surface area (Å²) in [4.78, 5) is 25.5. The molecule has 0 aliphatic carbocycles. The van der Waals surface area contributed by atoms with Crippen LogP contribution in [-0.2, 0) is 26.0 Å². The number of hydrogen-bond acceptors (Lipinski definition) is 5. The molecule has 2 amide bonds. The molecule has 2 aromatic rings. The molecule has 0 spiro atoms. The summed E-state index contributed by atoms with van der Waals surface area (Å²) in [5.41, 5.74) is 1.75. The van der Waals surface area contributed by atoms with E-state index in [-0.39, 0.29) is 29.2 Å². The third kappa shape index (κ3) is 6.68. The van der Waals surface area contributed by atoms with Crippen molar-refractivity contribution in [3.05, 3.63) is 59.7 Å². The van der Waals surface area contributed by atoms with Crippen LogP contribution < -0.4 is 10.6 Å². The summed E-state index contributed by atoms with van der Waals surface area (Å²) < 4.78 is 32.7. The van der Waals surface area contributed by atoms with Gasteiger partial charge < -0.3 is 15.4 Å². The van der Waals surface area contributed by atoms with Crippen LogP contribution in [0, 0.1) is 0 Å². The molecule has 8 nitrogen and oxygen atoms in total. The Morgan fingerprint density at radius 3 is 2.43 bits per heavy atom. The molecule has 1 atom stereocenters. The van der Waals surface area contributed by atoms with Crippen LogP contribution in [0.15, 0.2) is 53.4 Å². The van der Waals surface area contributed by atoms with E-state index in [0.29, 0.717) is 37.3 Å². The standard InChI is InChI=1S/C26H33N3O5S/c30-25(28-24-9-3-2-8-23(24)26(31)27-19-21-7-6-18-34-21)15-12-20-10-13-22(14-11-20)35(32,33)29-16-4-1-5-17-29/h2-3,8-11,13-14,21H,1,4-7,12,15-19H2,(H,27,31)(H,28,30). The van der Waals surface area contributed by atoms with Gasteiger partial charge in [0.15, 0.2) is 0 Å². The van der Waals surface area contributed by atoms with Gasteiger partial charge in [0.2, 0.25) is 15.9 Å². The minimum atomic E-state index is -3.47. The third-order valence-corrected chi connectivity index (χ3v) is 8.39. The highest BCUT2D eigenvalue weighted by atomic mass is 32.2. The fraction of sp³-hybridized carbons (Fsp3) is 0.462. The molecule has 0 radical (unpaired) electrons. The molecule has 188 valence electrons. The van der Waals surface area contributed by atoms with E-state index in [2.05, 4.69) is 10.6 Å². The number of carbonyl (C=O) groups is 2. The Balaban J connectivity index is 1.30. The van der Waals surface area contributed by atoms with Gasteiger partial charge in [-0.15, -0.1) is 0 Å². The van der Waals surface area contributed by atoms with Crippen molar-refractivity contribution in [1.29, 1.82) is 0 Å². The van der Waals surface area contributed by atoms with Gasteiger partial charge in [0, 0.05) is 32.7 Å². The number of sulfonamides is 1. The Bertz CT molecular complexity index is 1120. The maximum absolute atomic E-state index is 12.8. The topological polar surface area (TPSA) is 105 Å². The molecule has 1 unspecified atom stereocenters. The van der Waals surface area contributed by atoms with Crippen molar-refractivity contribution in [1.82, 2.24) is 9.62 Å². The second-order valence-electron chi connectivity index (χ2n) is 9.05. The molecule has 2 aliphatic heterocycles. The average molecular weight is 500 g/mol. The summed E-state index contributed by atoms with van der Waals surface area (Å²) in [6.45, 7) is 2.31. The summed E-state index contributed by atoms with van der Waals surface area (Å²) in [7, 11) is -3.47. The first kappa shape index (κ1) is 25.3.